The molecule has 0 bridgehead atoms. The van der Waals surface area contributed by atoms with Crippen molar-refractivity contribution in [2.45, 2.75) is 33.5 Å². The molecule has 0 unspecified atom stereocenters. The van der Waals surface area contributed by atoms with Crippen LogP contribution in [0.4, 0.5) is 0 Å². The lowest BCUT2D eigenvalue weighted by molar-refractivity contribution is 0.313. The van der Waals surface area contributed by atoms with Crippen molar-refractivity contribution in [1.82, 2.24) is 9.88 Å². The molecule has 2 rings (SSSR count). The molecule has 0 spiro atoms. The molecule has 0 fully saturated rings. The first kappa shape index (κ1) is 13.3. The van der Waals surface area contributed by atoms with Crippen LogP contribution in [-0.4, -0.2) is 16.9 Å². The summed E-state index contributed by atoms with van der Waals surface area (Å²) in [4.78, 5) is 6.70. The Kier molecular flexibility index (Phi) is 4.16. The fraction of sp³-hybridized carbons (Fsp3) is 0.462. The lowest BCUT2D eigenvalue weighted by Gasteiger charge is -2.14. The first-order chi connectivity index (χ1) is 8.58. The number of rotatable bonds is 5. The normalized spacial score (nSPS) is 11.4. The van der Waals surface area contributed by atoms with Gasteiger partial charge in [0.25, 0.3) is 0 Å². The van der Waals surface area contributed by atoms with Gasteiger partial charge in [0.05, 0.1) is 17.2 Å². The third kappa shape index (κ3) is 3.19. The average molecular weight is 265 g/mol. The fourth-order valence-electron chi connectivity index (χ4n) is 1.95. The van der Waals surface area contributed by atoms with Crippen LogP contribution in [-0.2, 0) is 19.6 Å². The van der Waals surface area contributed by atoms with Gasteiger partial charge in [-0.15, -0.1) is 11.3 Å². The zero-order valence-corrected chi connectivity index (χ0v) is 11.9. The van der Waals surface area contributed by atoms with Crippen LogP contribution in [0.15, 0.2) is 15.9 Å². The highest BCUT2D eigenvalue weighted by atomic mass is 32.1. The molecule has 98 valence electrons. The van der Waals surface area contributed by atoms with Crippen LogP contribution in [0.1, 0.15) is 27.8 Å². The van der Waals surface area contributed by atoms with Gasteiger partial charge >= 0.3 is 0 Å². The summed E-state index contributed by atoms with van der Waals surface area (Å²) in [7, 11) is 2.09. The van der Waals surface area contributed by atoms with E-state index in [9.17, 15) is 0 Å². The summed E-state index contributed by atoms with van der Waals surface area (Å²) >= 11 is 1.69. The highest BCUT2D eigenvalue weighted by molar-refractivity contribution is 7.09. The maximum Gasteiger partial charge on any atom is 0.118 e. The zero-order valence-electron chi connectivity index (χ0n) is 11.1. The number of hydrogen-bond acceptors (Lipinski definition) is 5. The molecule has 2 N–H and O–H groups in total. The molecule has 0 radical (unpaired) electrons. The lowest BCUT2D eigenvalue weighted by Crippen LogP contribution is -2.17. The summed E-state index contributed by atoms with van der Waals surface area (Å²) in [5.74, 6) is 1.80. The van der Waals surface area contributed by atoms with E-state index in [1.165, 1.54) is 5.56 Å². The molecule has 0 saturated heterocycles. The molecule has 0 aliphatic rings. The van der Waals surface area contributed by atoms with Crippen LogP contribution in [0.5, 0.6) is 0 Å². The molecule has 4 nitrogen and oxygen atoms in total. The van der Waals surface area contributed by atoms with E-state index in [2.05, 4.69) is 22.3 Å². The van der Waals surface area contributed by atoms with Crippen LogP contribution in [0, 0.1) is 13.8 Å². The van der Waals surface area contributed by atoms with Gasteiger partial charge < -0.3 is 10.2 Å². The monoisotopic (exact) mass is 265 g/mol. The van der Waals surface area contributed by atoms with Gasteiger partial charge in [-0.1, -0.05) is 0 Å². The van der Waals surface area contributed by atoms with Crippen molar-refractivity contribution in [3.05, 3.63) is 39.2 Å². The first-order valence-electron chi connectivity index (χ1n) is 5.96. The second kappa shape index (κ2) is 5.65. The number of nitrogens with zero attached hydrogens (tertiary/aromatic N) is 2. The number of aryl methyl sites for hydroxylation is 2. The van der Waals surface area contributed by atoms with Crippen LogP contribution in [0.3, 0.4) is 0 Å². The molecule has 0 atom stereocenters. The molecule has 2 aromatic heterocycles. The Hall–Kier alpha value is -1.17. The van der Waals surface area contributed by atoms with E-state index in [1.807, 2.05) is 19.9 Å². The van der Waals surface area contributed by atoms with Crippen molar-refractivity contribution in [1.29, 1.82) is 0 Å². The van der Waals surface area contributed by atoms with Gasteiger partial charge in [-0.2, -0.15) is 0 Å². The zero-order chi connectivity index (χ0) is 13.1. The van der Waals surface area contributed by atoms with E-state index < -0.39 is 0 Å². The van der Waals surface area contributed by atoms with E-state index in [4.69, 9.17) is 10.2 Å². The maximum absolute atomic E-state index is 5.57. The number of furan rings is 1. The molecule has 5 heteroatoms. The SMILES string of the molecule is Cc1nc(CN(C)Cc2cc(CN)oc2C)cs1. The van der Waals surface area contributed by atoms with Crippen LogP contribution < -0.4 is 5.73 Å². The Balaban J connectivity index is 1.98. The number of thiazole rings is 1. The minimum absolute atomic E-state index is 0.454. The summed E-state index contributed by atoms with van der Waals surface area (Å²) in [6, 6.07) is 2.04. The van der Waals surface area contributed by atoms with E-state index in [1.54, 1.807) is 11.3 Å². The molecule has 18 heavy (non-hydrogen) atoms. The minimum Gasteiger partial charge on any atom is -0.465 e. The standard InChI is InChI=1S/C13H19N3OS/c1-9-11(4-13(5-14)17-9)6-16(3)7-12-8-18-10(2)15-12/h4,8H,5-7,14H2,1-3H3. The quantitative estimate of drug-likeness (QED) is 0.902. The second-order valence-electron chi connectivity index (χ2n) is 4.53. The van der Waals surface area contributed by atoms with Gasteiger partial charge in [-0.3, -0.25) is 4.90 Å². The maximum atomic E-state index is 5.57. The van der Waals surface area contributed by atoms with E-state index in [0.717, 1.165) is 35.3 Å². The van der Waals surface area contributed by atoms with Crippen molar-refractivity contribution in [3.8, 4) is 0 Å². The molecular formula is C13H19N3OS. The van der Waals surface area contributed by atoms with Gasteiger partial charge in [-0.25, -0.2) is 4.98 Å². The molecule has 2 aromatic rings. The largest absolute Gasteiger partial charge is 0.465 e. The highest BCUT2D eigenvalue weighted by Gasteiger charge is 2.10. The molecule has 0 aliphatic heterocycles. The van der Waals surface area contributed by atoms with Crippen LogP contribution >= 0.6 is 11.3 Å². The first-order valence-corrected chi connectivity index (χ1v) is 6.84. The predicted octanol–water partition coefficient (Wildman–Crippen LogP) is 2.44. The third-order valence-electron chi connectivity index (χ3n) is 2.81. The molecule has 0 amide bonds. The Morgan fingerprint density at radius 3 is 2.72 bits per heavy atom. The van der Waals surface area contributed by atoms with Crippen LogP contribution in [0.25, 0.3) is 0 Å². The minimum atomic E-state index is 0.454. The fourth-order valence-corrected chi connectivity index (χ4v) is 2.55. The van der Waals surface area contributed by atoms with E-state index in [0.29, 0.717) is 6.54 Å². The van der Waals surface area contributed by atoms with Gasteiger partial charge in [0, 0.05) is 24.0 Å². The Morgan fingerprint density at radius 2 is 2.17 bits per heavy atom. The number of hydrogen-bond donors (Lipinski definition) is 1. The molecule has 2 heterocycles. The van der Waals surface area contributed by atoms with Crippen LogP contribution in [0.2, 0.25) is 0 Å². The summed E-state index contributed by atoms with van der Waals surface area (Å²) in [5, 5.41) is 3.22. The summed E-state index contributed by atoms with van der Waals surface area (Å²) in [6.07, 6.45) is 0. The topological polar surface area (TPSA) is 55.3 Å². The molecule has 0 saturated carbocycles. The molecule has 0 aromatic carbocycles. The highest BCUT2D eigenvalue weighted by Crippen LogP contribution is 2.17. The lowest BCUT2D eigenvalue weighted by atomic mass is 10.2. The van der Waals surface area contributed by atoms with E-state index in [-0.39, 0.29) is 0 Å². The molecule has 0 aliphatic carbocycles. The van der Waals surface area contributed by atoms with Crippen molar-refractivity contribution in [2.24, 2.45) is 5.73 Å². The Morgan fingerprint density at radius 1 is 1.39 bits per heavy atom. The number of nitrogens with two attached hydrogens (primary N) is 1. The van der Waals surface area contributed by atoms with E-state index >= 15 is 0 Å². The van der Waals surface area contributed by atoms with Crippen molar-refractivity contribution in [3.63, 3.8) is 0 Å². The van der Waals surface area contributed by atoms with Crippen molar-refractivity contribution >= 4 is 11.3 Å². The Bertz CT molecular complexity index is 518. The smallest absolute Gasteiger partial charge is 0.118 e. The van der Waals surface area contributed by atoms with Gasteiger partial charge in [0.15, 0.2) is 0 Å². The predicted molar refractivity (Wildman–Crippen MR) is 73.4 cm³/mol. The van der Waals surface area contributed by atoms with Crippen molar-refractivity contribution in [2.75, 3.05) is 7.05 Å². The van der Waals surface area contributed by atoms with Gasteiger partial charge in [-0.05, 0) is 27.0 Å². The molecular weight excluding hydrogens is 246 g/mol. The summed E-state index contributed by atoms with van der Waals surface area (Å²) in [5.41, 5.74) is 7.90. The summed E-state index contributed by atoms with van der Waals surface area (Å²) in [6.45, 7) is 6.17. The van der Waals surface area contributed by atoms with Gasteiger partial charge in [0.2, 0.25) is 0 Å². The third-order valence-corrected chi connectivity index (χ3v) is 3.63. The summed E-state index contributed by atoms with van der Waals surface area (Å²) < 4.78 is 5.55. The average Bonchev–Trinajstić information content (AvgIpc) is 2.86. The van der Waals surface area contributed by atoms with Crippen molar-refractivity contribution < 1.29 is 4.42 Å². The second-order valence-corrected chi connectivity index (χ2v) is 5.59. The number of aromatic nitrogens is 1. The van der Waals surface area contributed by atoms with Gasteiger partial charge in [0.1, 0.15) is 11.5 Å². The Labute approximate surface area is 111 Å².